The van der Waals surface area contributed by atoms with E-state index in [9.17, 15) is 18.8 Å². The van der Waals surface area contributed by atoms with E-state index in [1.165, 1.54) is 6.07 Å². The van der Waals surface area contributed by atoms with Crippen LogP contribution in [-0.4, -0.2) is 71.3 Å². The first-order chi connectivity index (χ1) is 16.1. The van der Waals surface area contributed by atoms with Gasteiger partial charge in [-0.05, 0) is 44.8 Å². The molecule has 2 aliphatic rings. The smallest absolute Gasteiger partial charge is 0.289 e. The third-order valence-electron chi connectivity index (χ3n) is 6.01. The SMILES string of the molecule is C=C(O)C(=O)Nc1cc2c(cc1F)/C(=C/c1[nH]c3c(c1C)C(=O)N(CCN(C)C)CC3)C(=O)N2. The van der Waals surface area contributed by atoms with Crippen molar-refractivity contribution in [2.24, 2.45) is 0 Å². The maximum absolute atomic E-state index is 14.6. The number of halogens is 1. The quantitative estimate of drug-likeness (QED) is 0.385. The first-order valence-electron chi connectivity index (χ1n) is 10.8. The number of anilines is 2. The van der Waals surface area contributed by atoms with Crippen LogP contribution >= 0.6 is 0 Å². The van der Waals surface area contributed by atoms with E-state index in [0.717, 1.165) is 23.9 Å². The van der Waals surface area contributed by atoms with E-state index in [0.29, 0.717) is 42.0 Å². The highest BCUT2D eigenvalue weighted by molar-refractivity contribution is 6.35. The molecule has 2 aliphatic heterocycles. The molecule has 0 atom stereocenters. The van der Waals surface area contributed by atoms with Gasteiger partial charge < -0.3 is 30.5 Å². The highest BCUT2D eigenvalue weighted by atomic mass is 19.1. The molecule has 9 nitrogen and oxygen atoms in total. The Kier molecular flexibility index (Phi) is 6.01. The number of aromatic nitrogens is 1. The van der Waals surface area contributed by atoms with Crippen molar-refractivity contribution in [1.82, 2.24) is 14.8 Å². The average molecular weight is 468 g/mol. The largest absolute Gasteiger partial charge is 0.503 e. The van der Waals surface area contributed by atoms with Crippen molar-refractivity contribution in [1.29, 1.82) is 0 Å². The van der Waals surface area contributed by atoms with Crippen molar-refractivity contribution < 1.29 is 23.9 Å². The summed E-state index contributed by atoms with van der Waals surface area (Å²) in [6, 6.07) is 2.42. The summed E-state index contributed by atoms with van der Waals surface area (Å²) >= 11 is 0. The normalized spacial score (nSPS) is 16.0. The lowest BCUT2D eigenvalue weighted by molar-refractivity contribution is -0.115. The number of H-pyrrole nitrogens is 1. The van der Waals surface area contributed by atoms with Gasteiger partial charge in [0.1, 0.15) is 5.82 Å². The minimum absolute atomic E-state index is 0.0466. The van der Waals surface area contributed by atoms with Gasteiger partial charge in [-0.25, -0.2) is 4.39 Å². The van der Waals surface area contributed by atoms with Crippen LogP contribution in [-0.2, 0) is 16.0 Å². The average Bonchev–Trinajstić information content (AvgIpc) is 3.24. The second-order valence-corrected chi connectivity index (χ2v) is 8.65. The molecule has 0 saturated carbocycles. The summed E-state index contributed by atoms with van der Waals surface area (Å²) in [5, 5.41) is 14.0. The summed E-state index contributed by atoms with van der Waals surface area (Å²) in [4.78, 5) is 44.5. The molecular weight excluding hydrogens is 441 g/mol. The number of carbonyl (C=O) groups is 3. The number of nitrogens with one attached hydrogen (secondary N) is 3. The zero-order valence-electron chi connectivity index (χ0n) is 19.2. The van der Waals surface area contributed by atoms with Gasteiger partial charge in [-0.1, -0.05) is 6.58 Å². The first-order valence-corrected chi connectivity index (χ1v) is 10.8. The molecule has 4 rings (SSSR count). The van der Waals surface area contributed by atoms with Crippen LogP contribution in [0.15, 0.2) is 24.5 Å². The monoisotopic (exact) mass is 467 g/mol. The van der Waals surface area contributed by atoms with E-state index in [2.05, 4.69) is 22.2 Å². The third kappa shape index (κ3) is 4.19. The number of rotatable bonds is 6. The second-order valence-electron chi connectivity index (χ2n) is 8.65. The number of likely N-dealkylation sites (N-methyl/N-ethyl adjacent to an activating group) is 1. The van der Waals surface area contributed by atoms with Crippen LogP contribution in [0.1, 0.15) is 32.9 Å². The lowest BCUT2D eigenvalue weighted by Gasteiger charge is -2.28. The van der Waals surface area contributed by atoms with Gasteiger partial charge in [0.25, 0.3) is 17.7 Å². The van der Waals surface area contributed by atoms with Crippen LogP contribution in [0.4, 0.5) is 15.8 Å². The molecule has 3 heterocycles. The molecular formula is C24H26FN5O4. The number of nitrogens with zero attached hydrogens (tertiary/aromatic N) is 2. The zero-order chi connectivity index (χ0) is 24.7. The highest BCUT2D eigenvalue weighted by Gasteiger charge is 2.31. The molecule has 0 radical (unpaired) electrons. The fraction of sp³-hybridized carbons (Fsp3) is 0.292. The topological polar surface area (TPSA) is 118 Å². The number of aromatic amines is 1. The Morgan fingerprint density at radius 3 is 2.76 bits per heavy atom. The van der Waals surface area contributed by atoms with Gasteiger partial charge >= 0.3 is 0 Å². The summed E-state index contributed by atoms with van der Waals surface area (Å²) in [7, 11) is 3.92. The molecule has 3 amide bonds. The second kappa shape index (κ2) is 8.79. The summed E-state index contributed by atoms with van der Waals surface area (Å²) in [6.45, 7) is 6.92. The molecule has 0 unspecified atom stereocenters. The van der Waals surface area contributed by atoms with Crippen LogP contribution in [0.5, 0.6) is 0 Å². The fourth-order valence-electron chi connectivity index (χ4n) is 4.13. The summed E-state index contributed by atoms with van der Waals surface area (Å²) < 4.78 is 14.6. The lowest BCUT2D eigenvalue weighted by atomic mass is 10.0. The van der Waals surface area contributed by atoms with Gasteiger partial charge in [0.2, 0.25) is 0 Å². The van der Waals surface area contributed by atoms with Crippen LogP contribution in [0, 0.1) is 12.7 Å². The van der Waals surface area contributed by atoms with E-state index >= 15 is 0 Å². The molecule has 0 bridgehead atoms. The molecule has 34 heavy (non-hydrogen) atoms. The van der Waals surface area contributed by atoms with Gasteiger partial charge in [-0.3, -0.25) is 14.4 Å². The van der Waals surface area contributed by atoms with Crippen LogP contribution < -0.4 is 10.6 Å². The van der Waals surface area contributed by atoms with Crippen molar-refractivity contribution in [3.8, 4) is 0 Å². The molecule has 0 saturated heterocycles. The Balaban J connectivity index is 1.66. The van der Waals surface area contributed by atoms with E-state index in [1.54, 1.807) is 6.08 Å². The standard InChI is InChI=1S/C24H26FN5O4/c1-12-18(26-17-5-6-30(8-7-29(3)4)24(34)21(12)17)10-15-14-9-16(25)20(28-22(32)13(2)31)11-19(14)27-23(15)33/h9-11,26,31H,2,5-8H2,1,3-4H3,(H,27,33)(H,28,32)/b15-10-. The number of aliphatic hydroxyl groups excluding tert-OH is 1. The predicted molar refractivity (Wildman–Crippen MR) is 127 cm³/mol. The van der Waals surface area contributed by atoms with Crippen molar-refractivity contribution in [3.05, 3.63) is 58.4 Å². The molecule has 178 valence electrons. The van der Waals surface area contributed by atoms with Gasteiger partial charge in [0.05, 0.1) is 22.5 Å². The zero-order valence-corrected chi connectivity index (χ0v) is 19.2. The van der Waals surface area contributed by atoms with Gasteiger partial charge in [-0.2, -0.15) is 0 Å². The van der Waals surface area contributed by atoms with Gasteiger partial charge in [-0.15, -0.1) is 0 Å². The van der Waals surface area contributed by atoms with E-state index in [4.69, 9.17) is 5.11 Å². The fourth-order valence-corrected chi connectivity index (χ4v) is 4.13. The van der Waals surface area contributed by atoms with E-state index in [1.807, 2.05) is 30.8 Å². The number of amides is 3. The van der Waals surface area contributed by atoms with Crippen molar-refractivity contribution in [2.75, 3.05) is 44.4 Å². The van der Waals surface area contributed by atoms with Gasteiger partial charge in [0, 0.05) is 43.0 Å². The van der Waals surface area contributed by atoms with Crippen LogP contribution in [0.2, 0.25) is 0 Å². The predicted octanol–water partition coefficient (Wildman–Crippen LogP) is 2.53. The highest BCUT2D eigenvalue weighted by Crippen LogP contribution is 2.37. The number of fused-ring (bicyclic) bond motifs is 2. The molecule has 0 spiro atoms. The molecule has 1 aromatic carbocycles. The number of carbonyl (C=O) groups excluding carboxylic acids is 3. The maximum atomic E-state index is 14.6. The number of benzene rings is 1. The Bertz CT molecular complexity index is 1260. The first kappa shape index (κ1) is 23.2. The molecule has 2 aromatic rings. The Hall–Kier alpha value is -3.92. The molecule has 10 heteroatoms. The summed E-state index contributed by atoms with van der Waals surface area (Å²) in [5.74, 6) is -2.96. The Morgan fingerprint density at radius 1 is 1.35 bits per heavy atom. The number of hydrogen-bond acceptors (Lipinski definition) is 5. The Morgan fingerprint density at radius 2 is 2.09 bits per heavy atom. The molecule has 0 aliphatic carbocycles. The number of aliphatic hydroxyl groups is 1. The van der Waals surface area contributed by atoms with Crippen molar-refractivity contribution in [2.45, 2.75) is 13.3 Å². The molecule has 4 N–H and O–H groups in total. The summed E-state index contributed by atoms with van der Waals surface area (Å²) in [5.41, 5.74) is 3.46. The molecule has 1 aromatic heterocycles. The third-order valence-corrected chi connectivity index (χ3v) is 6.01. The lowest BCUT2D eigenvalue weighted by Crippen LogP contribution is -2.41. The van der Waals surface area contributed by atoms with Gasteiger partial charge in [0.15, 0.2) is 5.76 Å². The molecule has 0 fully saturated rings. The maximum Gasteiger partial charge on any atom is 0.289 e. The van der Waals surface area contributed by atoms with E-state index in [-0.39, 0.29) is 17.2 Å². The van der Waals surface area contributed by atoms with Crippen LogP contribution in [0.25, 0.3) is 11.6 Å². The number of hydrogen-bond donors (Lipinski definition) is 4. The Labute approximate surface area is 195 Å². The minimum atomic E-state index is -0.948. The van der Waals surface area contributed by atoms with Crippen molar-refractivity contribution in [3.63, 3.8) is 0 Å². The van der Waals surface area contributed by atoms with E-state index < -0.39 is 23.4 Å². The minimum Gasteiger partial charge on any atom is -0.503 e. The summed E-state index contributed by atoms with van der Waals surface area (Å²) in [6.07, 6.45) is 2.29. The van der Waals surface area contributed by atoms with Crippen molar-refractivity contribution >= 4 is 40.7 Å². The van der Waals surface area contributed by atoms with Crippen LogP contribution in [0.3, 0.4) is 0 Å².